The van der Waals surface area contributed by atoms with E-state index in [9.17, 15) is 0 Å². The first-order valence-electron chi connectivity index (χ1n) is 6.28. The van der Waals surface area contributed by atoms with Crippen LogP contribution in [0.5, 0.6) is 5.75 Å². The molecule has 0 aliphatic rings. The van der Waals surface area contributed by atoms with Crippen molar-refractivity contribution in [1.29, 1.82) is 0 Å². The molecular weight excluding hydrogens is 310 g/mol. The summed E-state index contributed by atoms with van der Waals surface area (Å²) in [5.74, 6) is 0.897. The molecule has 3 aromatic rings. The fourth-order valence-corrected chi connectivity index (χ4v) is 2.28. The molecule has 0 saturated carbocycles. The molecule has 0 aliphatic heterocycles. The molecule has 0 amide bonds. The van der Waals surface area contributed by atoms with Crippen molar-refractivity contribution in [2.24, 2.45) is 0 Å². The lowest BCUT2D eigenvalue weighted by molar-refractivity contribution is -2.00. The zero-order valence-corrected chi connectivity index (χ0v) is 12.7. The van der Waals surface area contributed by atoms with Crippen molar-refractivity contribution in [3.8, 4) is 5.75 Å². The van der Waals surface area contributed by atoms with Crippen molar-refractivity contribution in [1.82, 2.24) is 0 Å². The van der Waals surface area contributed by atoms with Crippen molar-refractivity contribution in [3.05, 3.63) is 54.4 Å². The van der Waals surface area contributed by atoms with Gasteiger partial charge in [0.1, 0.15) is 5.75 Å². The quantitative estimate of drug-likeness (QED) is 0.386. The SMILES string of the molecule is COc1ccc2c(C)c[n+]3ccccc3c2c1.[O-][Cl+3]([O-])([O-])[O-]. The monoisotopic (exact) mass is 323 g/mol. The molecule has 7 heteroatoms. The number of methoxy groups -OCH3 is 1. The Labute approximate surface area is 129 Å². The summed E-state index contributed by atoms with van der Waals surface area (Å²) in [5, 5.41) is 2.50. The molecule has 0 saturated heterocycles. The van der Waals surface area contributed by atoms with E-state index >= 15 is 0 Å². The molecule has 6 nitrogen and oxygen atoms in total. The third-order valence-electron chi connectivity index (χ3n) is 3.15. The van der Waals surface area contributed by atoms with Crippen LogP contribution in [-0.2, 0) is 0 Å². The van der Waals surface area contributed by atoms with E-state index in [1.54, 1.807) is 7.11 Å². The topological polar surface area (TPSA) is 106 Å². The summed E-state index contributed by atoms with van der Waals surface area (Å²) < 4.78 is 41.4. The lowest BCUT2D eigenvalue weighted by Crippen LogP contribution is -2.68. The van der Waals surface area contributed by atoms with E-state index in [1.165, 1.54) is 21.9 Å². The van der Waals surface area contributed by atoms with E-state index < -0.39 is 10.2 Å². The van der Waals surface area contributed by atoms with Gasteiger partial charge in [0.2, 0.25) is 5.52 Å². The van der Waals surface area contributed by atoms with E-state index in [0.29, 0.717) is 0 Å². The van der Waals surface area contributed by atoms with Gasteiger partial charge in [0, 0.05) is 17.7 Å². The molecule has 0 atom stereocenters. The molecule has 0 unspecified atom stereocenters. The van der Waals surface area contributed by atoms with Crippen LogP contribution in [0.1, 0.15) is 5.56 Å². The number of aryl methyl sites for hydroxylation is 1. The fourth-order valence-electron chi connectivity index (χ4n) is 2.28. The lowest BCUT2D eigenvalue weighted by atomic mass is 10.1. The number of hydrogen-bond donors (Lipinski definition) is 0. The summed E-state index contributed by atoms with van der Waals surface area (Å²) in [7, 11) is -3.24. The molecule has 1 aromatic carbocycles. The zero-order valence-electron chi connectivity index (χ0n) is 12.0. The number of aromatic nitrogens is 1. The normalized spacial score (nSPS) is 11.2. The maximum Gasteiger partial charge on any atom is 0.218 e. The Morgan fingerprint density at radius 1 is 1.00 bits per heavy atom. The molecule has 0 spiro atoms. The zero-order chi connectivity index (χ0) is 16.3. The molecule has 2 aromatic heterocycles. The van der Waals surface area contributed by atoms with Gasteiger partial charge in [0.05, 0.1) is 12.5 Å². The number of fused-ring (bicyclic) bond motifs is 3. The number of benzene rings is 1. The van der Waals surface area contributed by atoms with E-state index in [4.69, 9.17) is 23.4 Å². The van der Waals surface area contributed by atoms with Crippen molar-refractivity contribution in [3.63, 3.8) is 0 Å². The molecule has 2 heterocycles. The van der Waals surface area contributed by atoms with Crippen LogP contribution in [0.25, 0.3) is 16.3 Å². The Kier molecular flexibility index (Phi) is 4.80. The van der Waals surface area contributed by atoms with E-state index in [0.717, 1.165) is 5.75 Å². The third kappa shape index (κ3) is 4.03. The van der Waals surface area contributed by atoms with Crippen molar-refractivity contribution >= 4 is 16.3 Å². The molecule has 22 heavy (non-hydrogen) atoms. The smallest absolute Gasteiger partial charge is 0.218 e. The highest BCUT2D eigenvalue weighted by molar-refractivity contribution is 5.96. The second-order valence-electron chi connectivity index (χ2n) is 4.59. The van der Waals surface area contributed by atoms with Crippen LogP contribution in [0.4, 0.5) is 0 Å². The largest absolute Gasteiger partial charge is 0.497 e. The van der Waals surface area contributed by atoms with Crippen LogP contribution >= 0.6 is 0 Å². The second-order valence-corrected chi connectivity index (χ2v) is 5.35. The van der Waals surface area contributed by atoms with Gasteiger partial charge in [-0.1, -0.05) is 0 Å². The number of halogens is 1. The second kappa shape index (κ2) is 6.43. The summed E-state index contributed by atoms with van der Waals surface area (Å²) in [6, 6.07) is 12.5. The number of ether oxygens (including phenoxy) is 1. The fraction of sp³-hybridized carbons (Fsp3) is 0.133. The standard InChI is InChI=1S/C15H14NO.ClHO4/c1-11-10-16-8-4-3-5-15(16)14-9-12(17-2)6-7-13(11)14;2-1(3,4)5/h3-10H,1-2H3;(H,2,3,4,5)/q+1;/p-1. The predicted octanol–water partition coefficient (Wildman–Crippen LogP) is -1.86. The van der Waals surface area contributed by atoms with E-state index in [1.807, 2.05) is 12.1 Å². The highest BCUT2D eigenvalue weighted by Gasteiger charge is 2.10. The van der Waals surface area contributed by atoms with Crippen molar-refractivity contribution in [2.45, 2.75) is 6.92 Å². The highest BCUT2D eigenvalue weighted by atomic mass is 35.7. The first-order chi connectivity index (χ1) is 10.3. The summed E-state index contributed by atoms with van der Waals surface area (Å²) in [6.07, 6.45) is 4.23. The van der Waals surface area contributed by atoms with Gasteiger partial charge in [-0.2, -0.15) is 4.40 Å². The van der Waals surface area contributed by atoms with Crippen LogP contribution in [0.2, 0.25) is 0 Å². The van der Waals surface area contributed by atoms with Crippen LogP contribution in [0.15, 0.2) is 48.8 Å². The maximum atomic E-state index is 8.49. The molecule has 0 aliphatic carbocycles. The predicted molar refractivity (Wildman–Crippen MR) is 68.4 cm³/mol. The van der Waals surface area contributed by atoms with Gasteiger partial charge in [-0.05, 0) is 36.6 Å². The Bertz CT molecular complexity index is 795. The Hall–Kier alpha value is -1.96. The maximum absolute atomic E-state index is 8.49. The minimum Gasteiger partial charge on any atom is -0.497 e. The number of rotatable bonds is 1. The molecule has 3 rings (SSSR count). The number of pyridine rings is 2. The van der Waals surface area contributed by atoms with Crippen LogP contribution < -0.4 is 27.8 Å². The Morgan fingerprint density at radius 2 is 1.68 bits per heavy atom. The Balaban J connectivity index is 0.000000309. The molecule has 0 fully saturated rings. The van der Waals surface area contributed by atoms with Gasteiger partial charge >= 0.3 is 0 Å². The average Bonchev–Trinajstić information content (AvgIpc) is 2.45. The van der Waals surface area contributed by atoms with Gasteiger partial charge in [-0.25, -0.2) is 18.6 Å². The van der Waals surface area contributed by atoms with Gasteiger partial charge in [0.15, 0.2) is 12.4 Å². The average molecular weight is 324 g/mol. The third-order valence-corrected chi connectivity index (χ3v) is 3.15. The molecular formula is C15H14ClNO5. The molecule has 0 bridgehead atoms. The first kappa shape index (κ1) is 16.4. The van der Waals surface area contributed by atoms with Crippen LogP contribution in [0, 0.1) is 17.2 Å². The van der Waals surface area contributed by atoms with Crippen LogP contribution in [0.3, 0.4) is 0 Å². The molecule has 0 radical (unpaired) electrons. The van der Waals surface area contributed by atoms with Crippen LogP contribution in [-0.4, -0.2) is 7.11 Å². The lowest BCUT2D eigenvalue weighted by Gasteiger charge is -2.17. The van der Waals surface area contributed by atoms with E-state index in [2.05, 4.69) is 48.0 Å². The summed E-state index contributed by atoms with van der Waals surface area (Å²) in [6.45, 7) is 2.13. The summed E-state index contributed by atoms with van der Waals surface area (Å²) in [4.78, 5) is 0. The molecule has 116 valence electrons. The highest BCUT2D eigenvalue weighted by Crippen LogP contribution is 2.25. The summed E-state index contributed by atoms with van der Waals surface area (Å²) in [5.41, 5.74) is 2.47. The molecule has 0 N–H and O–H groups in total. The first-order valence-corrected chi connectivity index (χ1v) is 7.52. The minimum absolute atomic E-state index is 0.897. The Morgan fingerprint density at radius 3 is 2.32 bits per heavy atom. The van der Waals surface area contributed by atoms with E-state index in [-0.39, 0.29) is 0 Å². The number of nitrogens with zero attached hydrogens (tertiary/aromatic N) is 1. The van der Waals surface area contributed by atoms with Gasteiger partial charge < -0.3 is 4.74 Å². The number of hydrogen-bond acceptors (Lipinski definition) is 5. The van der Waals surface area contributed by atoms with Gasteiger partial charge in [-0.15, -0.1) is 10.2 Å². The van der Waals surface area contributed by atoms with Crippen molar-refractivity contribution < 1.29 is 38.0 Å². The summed E-state index contributed by atoms with van der Waals surface area (Å²) >= 11 is 0. The van der Waals surface area contributed by atoms with Gasteiger partial charge in [0.25, 0.3) is 0 Å². The van der Waals surface area contributed by atoms with Gasteiger partial charge in [-0.3, -0.25) is 0 Å². The minimum atomic E-state index is -4.94. The van der Waals surface area contributed by atoms with Crippen molar-refractivity contribution in [2.75, 3.05) is 7.11 Å².